The molecule has 2 aliphatic rings. The van der Waals surface area contributed by atoms with Crippen LogP contribution >= 0.6 is 12.2 Å². The van der Waals surface area contributed by atoms with Gasteiger partial charge >= 0.3 is 0 Å². The number of carbonyl (C=O) groups excluding carboxylic acids is 1. The van der Waals surface area contributed by atoms with E-state index < -0.39 is 5.41 Å². The molecule has 2 N–H and O–H groups in total. The second-order valence-electron chi connectivity index (χ2n) is 6.65. The van der Waals surface area contributed by atoms with Crippen molar-refractivity contribution in [1.29, 1.82) is 0 Å². The minimum Gasteiger partial charge on any atom is -0.392 e. The molecule has 0 spiro atoms. The normalized spacial score (nSPS) is 31.2. The smallest absolute Gasteiger partial charge is 0.240 e. The highest BCUT2D eigenvalue weighted by atomic mass is 32.1. The van der Waals surface area contributed by atoms with E-state index in [4.69, 9.17) is 18.0 Å². The van der Waals surface area contributed by atoms with E-state index in [1.54, 1.807) is 0 Å². The van der Waals surface area contributed by atoms with Crippen LogP contribution in [-0.2, 0) is 11.2 Å². The fourth-order valence-electron chi connectivity index (χ4n) is 3.84. The Bertz CT molecular complexity index is 592. The number of para-hydroxylation sites is 1. The van der Waals surface area contributed by atoms with Gasteiger partial charge < -0.3 is 10.6 Å². The van der Waals surface area contributed by atoms with Crippen molar-refractivity contribution in [3.8, 4) is 0 Å². The first-order chi connectivity index (χ1) is 9.95. The molecule has 3 nitrogen and oxygen atoms in total. The van der Waals surface area contributed by atoms with Crippen LogP contribution in [0.2, 0.25) is 0 Å². The summed E-state index contributed by atoms with van der Waals surface area (Å²) in [5, 5.41) is 0. The van der Waals surface area contributed by atoms with Gasteiger partial charge in [0.05, 0.1) is 10.4 Å². The van der Waals surface area contributed by atoms with Crippen LogP contribution in [0.3, 0.4) is 0 Å². The van der Waals surface area contributed by atoms with Gasteiger partial charge in [0.15, 0.2) is 0 Å². The first kappa shape index (κ1) is 14.5. The molecular weight excluding hydrogens is 280 g/mol. The van der Waals surface area contributed by atoms with E-state index in [0.717, 1.165) is 31.4 Å². The van der Waals surface area contributed by atoms with Gasteiger partial charge in [-0.1, -0.05) is 37.3 Å². The number of hydrogen-bond acceptors (Lipinski definition) is 2. The van der Waals surface area contributed by atoms with Crippen LogP contribution in [0.25, 0.3) is 0 Å². The van der Waals surface area contributed by atoms with E-state index in [-0.39, 0.29) is 11.9 Å². The lowest BCUT2D eigenvalue weighted by atomic mass is 9.61. The Balaban J connectivity index is 1.99. The summed E-state index contributed by atoms with van der Waals surface area (Å²) >= 11 is 5.25. The average molecular weight is 302 g/mol. The van der Waals surface area contributed by atoms with Crippen molar-refractivity contribution in [1.82, 2.24) is 0 Å². The van der Waals surface area contributed by atoms with Crippen LogP contribution < -0.4 is 10.6 Å². The predicted octanol–water partition coefficient (Wildman–Crippen LogP) is 3.06. The first-order valence-electron chi connectivity index (χ1n) is 7.67. The van der Waals surface area contributed by atoms with Crippen LogP contribution in [-0.4, -0.2) is 16.9 Å². The van der Waals surface area contributed by atoms with Crippen molar-refractivity contribution in [2.45, 2.75) is 45.6 Å². The molecule has 1 amide bonds. The second kappa shape index (κ2) is 5.09. The number of thiocarbonyl (C=S) groups is 1. The lowest BCUT2D eigenvalue weighted by molar-refractivity contribution is -0.130. The summed E-state index contributed by atoms with van der Waals surface area (Å²) < 4.78 is 0. The zero-order chi connectivity index (χ0) is 15.2. The average Bonchev–Trinajstić information content (AvgIpc) is 2.42. The number of nitrogens with two attached hydrogens (primary N) is 1. The monoisotopic (exact) mass is 302 g/mol. The molecule has 0 saturated heterocycles. The minimum absolute atomic E-state index is 0.104. The highest BCUT2D eigenvalue weighted by Crippen LogP contribution is 2.48. The molecule has 0 bridgehead atoms. The van der Waals surface area contributed by atoms with Crippen LogP contribution in [0.5, 0.6) is 0 Å². The van der Waals surface area contributed by atoms with Crippen LogP contribution in [0, 0.1) is 11.3 Å². The van der Waals surface area contributed by atoms with E-state index in [0.29, 0.717) is 10.9 Å². The SMILES string of the molecule is CC1CC(C(=O)N2c3ccccc3CCC2C)(C(N)=S)C1. The maximum Gasteiger partial charge on any atom is 0.240 e. The standard InChI is InChI=1S/C17H22N2OS/c1-11-9-17(10-11,15(18)21)16(20)19-12(2)7-8-13-5-3-4-6-14(13)19/h3-6,11-12H,7-10H2,1-2H3,(H2,18,21). The number of carbonyl (C=O) groups is 1. The minimum atomic E-state index is -0.618. The van der Waals surface area contributed by atoms with E-state index in [1.165, 1.54) is 5.56 Å². The number of aryl methyl sites for hydroxylation is 1. The third kappa shape index (κ3) is 2.16. The Morgan fingerprint density at radius 2 is 2.00 bits per heavy atom. The van der Waals surface area contributed by atoms with Gasteiger partial charge in [0.1, 0.15) is 0 Å². The van der Waals surface area contributed by atoms with Gasteiger partial charge in [0, 0.05) is 11.7 Å². The van der Waals surface area contributed by atoms with Gasteiger partial charge in [-0.3, -0.25) is 4.79 Å². The molecule has 1 aliphatic carbocycles. The lowest BCUT2D eigenvalue weighted by Gasteiger charge is -2.49. The van der Waals surface area contributed by atoms with Gasteiger partial charge in [-0.2, -0.15) is 0 Å². The quantitative estimate of drug-likeness (QED) is 0.854. The second-order valence-corrected chi connectivity index (χ2v) is 7.09. The Labute approximate surface area is 131 Å². The van der Waals surface area contributed by atoms with Crippen molar-refractivity contribution in [3.63, 3.8) is 0 Å². The Morgan fingerprint density at radius 3 is 2.62 bits per heavy atom. The number of hydrogen-bond donors (Lipinski definition) is 1. The molecule has 4 heteroatoms. The van der Waals surface area contributed by atoms with E-state index in [2.05, 4.69) is 19.9 Å². The summed E-state index contributed by atoms with van der Waals surface area (Å²) in [5.41, 5.74) is 7.62. The molecule has 1 heterocycles. The Hall–Kier alpha value is -1.42. The molecule has 1 fully saturated rings. The topological polar surface area (TPSA) is 46.3 Å². The number of anilines is 1. The van der Waals surface area contributed by atoms with Gasteiger partial charge in [-0.15, -0.1) is 0 Å². The molecule has 21 heavy (non-hydrogen) atoms. The van der Waals surface area contributed by atoms with Gasteiger partial charge in [0.2, 0.25) is 5.91 Å². The van der Waals surface area contributed by atoms with Crippen LogP contribution in [0.1, 0.15) is 38.7 Å². The maximum atomic E-state index is 13.2. The molecule has 1 aromatic rings. The number of amides is 1. The van der Waals surface area contributed by atoms with Crippen LogP contribution in [0.15, 0.2) is 24.3 Å². The fourth-order valence-corrected chi connectivity index (χ4v) is 4.09. The Kier molecular flexibility index (Phi) is 3.52. The third-order valence-electron chi connectivity index (χ3n) is 5.02. The predicted molar refractivity (Wildman–Crippen MR) is 89.3 cm³/mol. The summed E-state index contributed by atoms with van der Waals surface area (Å²) in [5.74, 6) is 0.624. The van der Waals surface area contributed by atoms with Crippen LogP contribution in [0.4, 0.5) is 5.69 Å². The highest BCUT2D eigenvalue weighted by Gasteiger charge is 2.53. The number of rotatable bonds is 2. The fraction of sp³-hybridized carbons (Fsp3) is 0.529. The first-order valence-corrected chi connectivity index (χ1v) is 8.08. The molecule has 1 saturated carbocycles. The number of fused-ring (bicyclic) bond motifs is 1. The van der Waals surface area contributed by atoms with Crippen molar-refractivity contribution in [3.05, 3.63) is 29.8 Å². The lowest BCUT2D eigenvalue weighted by Crippen LogP contribution is -2.59. The molecular formula is C17H22N2OS. The largest absolute Gasteiger partial charge is 0.392 e. The van der Waals surface area contributed by atoms with Crippen molar-refractivity contribution in [2.75, 3.05) is 4.90 Å². The van der Waals surface area contributed by atoms with Gasteiger partial charge in [-0.05, 0) is 50.2 Å². The van der Waals surface area contributed by atoms with Crippen molar-refractivity contribution in [2.24, 2.45) is 17.1 Å². The summed E-state index contributed by atoms with van der Waals surface area (Å²) in [6, 6.07) is 8.38. The molecule has 3 rings (SSSR count). The third-order valence-corrected chi connectivity index (χ3v) is 5.41. The summed E-state index contributed by atoms with van der Waals surface area (Å²) in [6.07, 6.45) is 3.59. The number of benzene rings is 1. The van der Waals surface area contributed by atoms with E-state index in [1.807, 2.05) is 23.1 Å². The molecule has 1 aromatic carbocycles. The number of nitrogens with zero attached hydrogens (tertiary/aromatic N) is 1. The molecule has 0 aromatic heterocycles. The van der Waals surface area contributed by atoms with Gasteiger partial charge in [0.25, 0.3) is 0 Å². The zero-order valence-corrected chi connectivity index (χ0v) is 13.5. The molecule has 0 radical (unpaired) electrons. The summed E-state index contributed by atoms with van der Waals surface area (Å²) in [7, 11) is 0. The molecule has 1 unspecified atom stereocenters. The summed E-state index contributed by atoms with van der Waals surface area (Å²) in [4.78, 5) is 15.5. The molecule has 1 atom stereocenters. The molecule has 112 valence electrons. The van der Waals surface area contributed by atoms with Crippen molar-refractivity contribution >= 4 is 28.8 Å². The summed E-state index contributed by atoms with van der Waals surface area (Å²) in [6.45, 7) is 4.26. The van der Waals surface area contributed by atoms with Crippen molar-refractivity contribution < 1.29 is 4.79 Å². The Morgan fingerprint density at radius 1 is 1.33 bits per heavy atom. The molecule has 1 aliphatic heterocycles. The maximum absolute atomic E-state index is 13.2. The van der Waals surface area contributed by atoms with E-state index >= 15 is 0 Å². The van der Waals surface area contributed by atoms with E-state index in [9.17, 15) is 4.79 Å². The van der Waals surface area contributed by atoms with Gasteiger partial charge in [-0.25, -0.2) is 0 Å². The zero-order valence-electron chi connectivity index (χ0n) is 12.6. The highest BCUT2D eigenvalue weighted by molar-refractivity contribution is 7.80.